The Morgan fingerprint density at radius 3 is 2.83 bits per heavy atom. The van der Waals surface area contributed by atoms with Gasteiger partial charge in [-0.25, -0.2) is 15.0 Å². The third-order valence-electron chi connectivity index (χ3n) is 4.22. The summed E-state index contributed by atoms with van der Waals surface area (Å²) in [5.41, 5.74) is 3.63. The Kier molecular flexibility index (Phi) is 3.71. The second-order valence-electron chi connectivity index (χ2n) is 5.73. The average Bonchev–Trinajstić information content (AvgIpc) is 3.27. The van der Waals surface area contributed by atoms with Gasteiger partial charge in [-0.1, -0.05) is 30.3 Å². The van der Waals surface area contributed by atoms with Gasteiger partial charge < -0.3 is 5.32 Å². The molecule has 0 radical (unpaired) electrons. The molecule has 1 aliphatic rings. The molecule has 1 aliphatic carbocycles. The van der Waals surface area contributed by atoms with Crippen LogP contribution in [0, 0.1) is 0 Å². The lowest BCUT2D eigenvalue weighted by molar-refractivity contribution is 0.548. The number of fused-ring (bicyclic) bond motifs is 1. The predicted molar refractivity (Wildman–Crippen MR) is 86.9 cm³/mol. The highest BCUT2D eigenvalue weighted by atomic mass is 15.3. The summed E-state index contributed by atoms with van der Waals surface area (Å²) in [7, 11) is 0. The molecule has 23 heavy (non-hydrogen) atoms. The van der Waals surface area contributed by atoms with Crippen molar-refractivity contribution < 1.29 is 0 Å². The minimum atomic E-state index is 0.0810. The van der Waals surface area contributed by atoms with Crippen LogP contribution < -0.4 is 5.32 Å². The van der Waals surface area contributed by atoms with Crippen molar-refractivity contribution in [1.82, 2.24) is 24.7 Å². The second kappa shape index (κ2) is 6.16. The Bertz CT molecular complexity index is 769. The molecule has 4 rings (SSSR count). The highest BCUT2D eigenvalue weighted by molar-refractivity contribution is 5.49. The lowest BCUT2D eigenvalue weighted by atomic mass is 10.1. The number of rotatable bonds is 5. The number of hydrogen-bond donors (Lipinski definition) is 1. The smallest absolute Gasteiger partial charge is 0.137 e. The van der Waals surface area contributed by atoms with Crippen molar-refractivity contribution in [1.29, 1.82) is 0 Å². The zero-order valence-electron chi connectivity index (χ0n) is 12.8. The molecule has 3 aromatic rings. The number of aromatic nitrogens is 5. The molecule has 6 nitrogen and oxygen atoms in total. The van der Waals surface area contributed by atoms with Gasteiger partial charge >= 0.3 is 0 Å². The number of hydrogen-bond acceptors (Lipinski definition) is 5. The van der Waals surface area contributed by atoms with Crippen molar-refractivity contribution in [3.05, 3.63) is 66.1 Å². The van der Waals surface area contributed by atoms with Gasteiger partial charge in [0.15, 0.2) is 0 Å². The van der Waals surface area contributed by atoms with E-state index in [0.717, 1.165) is 25.1 Å². The fourth-order valence-electron chi connectivity index (χ4n) is 3.08. The SMILES string of the molecule is c1ccc([C@H](Cn2cncn2)Nc2ncnc3c2CCC3)cc1. The first-order chi connectivity index (χ1) is 11.4. The van der Waals surface area contributed by atoms with E-state index in [-0.39, 0.29) is 6.04 Å². The molecule has 116 valence electrons. The van der Waals surface area contributed by atoms with Crippen LogP contribution in [0.15, 0.2) is 49.3 Å². The Balaban J connectivity index is 1.65. The lowest BCUT2D eigenvalue weighted by Crippen LogP contribution is -2.19. The molecule has 0 fully saturated rings. The van der Waals surface area contributed by atoms with Gasteiger partial charge in [0.25, 0.3) is 0 Å². The van der Waals surface area contributed by atoms with Crippen molar-refractivity contribution in [2.24, 2.45) is 0 Å². The van der Waals surface area contributed by atoms with E-state index >= 15 is 0 Å². The van der Waals surface area contributed by atoms with Crippen molar-refractivity contribution in [3.63, 3.8) is 0 Å². The van der Waals surface area contributed by atoms with E-state index in [1.54, 1.807) is 19.0 Å². The average molecular weight is 306 g/mol. The molecule has 2 aromatic heterocycles. The summed E-state index contributed by atoms with van der Waals surface area (Å²) in [5.74, 6) is 0.946. The first-order valence-corrected chi connectivity index (χ1v) is 7.87. The minimum Gasteiger partial charge on any atom is -0.361 e. The van der Waals surface area contributed by atoms with Gasteiger partial charge in [-0.05, 0) is 24.8 Å². The Hall–Kier alpha value is -2.76. The van der Waals surface area contributed by atoms with E-state index in [1.807, 2.05) is 10.7 Å². The standard InChI is InChI=1S/C17H18N6/c1-2-5-13(6-3-1)16(9-23-12-18-10-21-23)22-17-14-7-4-8-15(14)19-11-20-17/h1-3,5-6,10-12,16H,4,7-9H2,(H,19,20,22)/t16-/m0/s1. The number of aryl methyl sites for hydroxylation is 1. The van der Waals surface area contributed by atoms with E-state index < -0.39 is 0 Å². The fraction of sp³-hybridized carbons (Fsp3) is 0.294. The van der Waals surface area contributed by atoms with Gasteiger partial charge in [0.2, 0.25) is 0 Å². The van der Waals surface area contributed by atoms with Crippen LogP contribution in [0.1, 0.15) is 29.3 Å². The molecule has 0 spiro atoms. The molecule has 1 N–H and O–H groups in total. The molecule has 2 heterocycles. The van der Waals surface area contributed by atoms with Crippen LogP contribution >= 0.6 is 0 Å². The van der Waals surface area contributed by atoms with Crippen molar-refractivity contribution in [3.8, 4) is 0 Å². The van der Waals surface area contributed by atoms with Gasteiger partial charge in [0.05, 0.1) is 12.6 Å². The van der Waals surface area contributed by atoms with Crippen LogP contribution in [0.3, 0.4) is 0 Å². The summed E-state index contributed by atoms with van der Waals surface area (Å²) < 4.78 is 1.84. The highest BCUT2D eigenvalue weighted by Crippen LogP contribution is 2.28. The van der Waals surface area contributed by atoms with Crippen molar-refractivity contribution in [2.45, 2.75) is 31.8 Å². The predicted octanol–water partition coefficient (Wildman–Crippen LogP) is 2.41. The molecule has 0 bridgehead atoms. The van der Waals surface area contributed by atoms with Gasteiger partial charge in [0.1, 0.15) is 24.8 Å². The summed E-state index contributed by atoms with van der Waals surface area (Å²) in [6, 6.07) is 10.5. The molecular formula is C17H18N6. The Morgan fingerprint density at radius 2 is 2.00 bits per heavy atom. The van der Waals surface area contributed by atoms with E-state index in [0.29, 0.717) is 6.54 Å². The van der Waals surface area contributed by atoms with E-state index in [1.165, 1.54) is 16.8 Å². The first-order valence-electron chi connectivity index (χ1n) is 7.87. The zero-order chi connectivity index (χ0) is 15.5. The summed E-state index contributed by atoms with van der Waals surface area (Å²) in [5, 5.41) is 7.82. The first kappa shape index (κ1) is 13.9. The topological polar surface area (TPSA) is 68.5 Å². The summed E-state index contributed by atoms with van der Waals surface area (Å²) in [6.07, 6.45) is 8.20. The molecule has 1 atom stereocenters. The molecule has 0 aliphatic heterocycles. The molecule has 0 amide bonds. The van der Waals surface area contributed by atoms with Gasteiger partial charge in [-0.2, -0.15) is 5.10 Å². The molecule has 1 aromatic carbocycles. The maximum absolute atomic E-state index is 4.48. The van der Waals surface area contributed by atoms with Crippen LogP contribution in [0.2, 0.25) is 0 Å². The Labute approximate surface area is 134 Å². The third kappa shape index (κ3) is 2.92. The molecule has 0 saturated heterocycles. The van der Waals surface area contributed by atoms with Crippen LogP contribution in [0.5, 0.6) is 0 Å². The maximum atomic E-state index is 4.48. The number of anilines is 1. The minimum absolute atomic E-state index is 0.0810. The van der Waals surface area contributed by atoms with E-state index in [4.69, 9.17) is 0 Å². The van der Waals surface area contributed by atoms with Gasteiger partial charge in [-0.3, -0.25) is 4.68 Å². The van der Waals surface area contributed by atoms with Gasteiger partial charge in [-0.15, -0.1) is 0 Å². The van der Waals surface area contributed by atoms with Crippen LogP contribution in [0.25, 0.3) is 0 Å². The quantitative estimate of drug-likeness (QED) is 0.784. The summed E-state index contributed by atoms with van der Waals surface area (Å²) in [6.45, 7) is 0.697. The second-order valence-corrected chi connectivity index (χ2v) is 5.73. The third-order valence-corrected chi connectivity index (χ3v) is 4.22. The molecule has 0 unspecified atom stereocenters. The normalized spacial score (nSPS) is 14.4. The summed E-state index contributed by atoms with van der Waals surface area (Å²) >= 11 is 0. The van der Waals surface area contributed by atoms with Crippen LogP contribution in [-0.4, -0.2) is 24.7 Å². The lowest BCUT2D eigenvalue weighted by Gasteiger charge is -2.21. The molecular weight excluding hydrogens is 288 g/mol. The summed E-state index contributed by atoms with van der Waals surface area (Å²) in [4.78, 5) is 12.9. The monoisotopic (exact) mass is 306 g/mol. The zero-order valence-corrected chi connectivity index (χ0v) is 12.8. The molecule has 0 saturated carbocycles. The Morgan fingerprint density at radius 1 is 1.09 bits per heavy atom. The maximum Gasteiger partial charge on any atom is 0.137 e. The van der Waals surface area contributed by atoms with Crippen molar-refractivity contribution in [2.75, 3.05) is 5.32 Å². The number of nitrogens with one attached hydrogen (secondary N) is 1. The highest BCUT2D eigenvalue weighted by Gasteiger charge is 2.20. The fourth-order valence-corrected chi connectivity index (χ4v) is 3.08. The van der Waals surface area contributed by atoms with Crippen molar-refractivity contribution >= 4 is 5.82 Å². The molecule has 6 heteroatoms. The number of nitrogens with zero attached hydrogens (tertiary/aromatic N) is 5. The van der Waals surface area contributed by atoms with Crippen LogP contribution in [-0.2, 0) is 19.4 Å². The van der Waals surface area contributed by atoms with Crippen LogP contribution in [0.4, 0.5) is 5.82 Å². The van der Waals surface area contributed by atoms with E-state index in [9.17, 15) is 0 Å². The van der Waals surface area contributed by atoms with E-state index in [2.05, 4.69) is 49.6 Å². The largest absolute Gasteiger partial charge is 0.361 e. The number of benzene rings is 1. The van der Waals surface area contributed by atoms with Gasteiger partial charge in [0, 0.05) is 11.3 Å².